The van der Waals surface area contributed by atoms with E-state index in [1.54, 1.807) is 10.6 Å². The predicted molar refractivity (Wildman–Crippen MR) is 102 cm³/mol. The van der Waals surface area contributed by atoms with Crippen molar-refractivity contribution in [2.24, 2.45) is 4.99 Å². The van der Waals surface area contributed by atoms with Crippen LogP contribution in [0.5, 0.6) is 0 Å². The lowest BCUT2D eigenvalue weighted by Gasteiger charge is -2.03. The summed E-state index contributed by atoms with van der Waals surface area (Å²) in [5.41, 5.74) is 2.70. The van der Waals surface area contributed by atoms with Gasteiger partial charge in [0, 0.05) is 0 Å². The van der Waals surface area contributed by atoms with Crippen molar-refractivity contribution in [1.82, 2.24) is 4.57 Å². The molecule has 140 valence electrons. The van der Waals surface area contributed by atoms with Crippen LogP contribution in [0.3, 0.4) is 0 Å². The Morgan fingerprint density at radius 3 is 2.52 bits per heavy atom. The van der Waals surface area contributed by atoms with Crippen LogP contribution in [0.15, 0.2) is 47.5 Å². The summed E-state index contributed by atoms with van der Waals surface area (Å²) in [4.78, 5) is 28.7. The number of methoxy groups -OCH3 is 1. The fourth-order valence-electron chi connectivity index (χ4n) is 2.69. The van der Waals surface area contributed by atoms with E-state index in [4.69, 9.17) is 4.74 Å². The molecule has 0 aliphatic carbocycles. The fraction of sp³-hybridized carbons (Fsp3) is 0.250. The molecule has 0 aliphatic rings. The molecule has 0 bridgehead atoms. The summed E-state index contributed by atoms with van der Waals surface area (Å²) in [7, 11) is 1.29. The van der Waals surface area contributed by atoms with Gasteiger partial charge in [-0.2, -0.15) is 4.99 Å². The molecule has 0 saturated carbocycles. The van der Waals surface area contributed by atoms with E-state index in [1.807, 2.05) is 24.3 Å². The monoisotopic (exact) mass is 386 g/mol. The SMILES string of the molecule is CCc1ccc(CC(=O)N=c2sc3cc(F)ccc3n2CC(=O)OC)cc1. The second-order valence-corrected chi connectivity index (χ2v) is 7.02. The van der Waals surface area contributed by atoms with Gasteiger partial charge in [0.25, 0.3) is 5.91 Å². The molecule has 0 unspecified atom stereocenters. The number of fused-ring (bicyclic) bond motifs is 1. The number of rotatable bonds is 5. The van der Waals surface area contributed by atoms with Crippen LogP contribution in [0.4, 0.5) is 4.39 Å². The molecule has 27 heavy (non-hydrogen) atoms. The average Bonchev–Trinajstić information content (AvgIpc) is 2.98. The minimum absolute atomic E-state index is 0.0978. The van der Waals surface area contributed by atoms with Crippen LogP contribution < -0.4 is 4.80 Å². The summed E-state index contributed by atoms with van der Waals surface area (Å²) >= 11 is 1.16. The number of nitrogens with zero attached hydrogens (tertiary/aromatic N) is 2. The zero-order valence-electron chi connectivity index (χ0n) is 15.1. The van der Waals surface area contributed by atoms with Crippen LogP contribution in [0, 0.1) is 5.82 Å². The normalized spacial score (nSPS) is 11.7. The maximum Gasteiger partial charge on any atom is 0.325 e. The Hall–Kier alpha value is -2.80. The molecule has 0 spiro atoms. The van der Waals surface area contributed by atoms with Gasteiger partial charge >= 0.3 is 5.97 Å². The topological polar surface area (TPSA) is 60.7 Å². The zero-order chi connectivity index (χ0) is 19.4. The van der Waals surface area contributed by atoms with E-state index in [-0.39, 0.29) is 24.7 Å². The molecule has 0 N–H and O–H groups in total. The minimum atomic E-state index is -0.469. The lowest BCUT2D eigenvalue weighted by Crippen LogP contribution is -2.22. The quantitative estimate of drug-likeness (QED) is 0.633. The highest BCUT2D eigenvalue weighted by atomic mass is 32.1. The van der Waals surface area contributed by atoms with Crippen molar-refractivity contribution in [1.29, 1.82) is 0 Å². The third-order valence-electron chi connectivity index (χ3n) is 4.17. The van der Waals surface area contributed by atoms with E-state index >= 15 is 0 Å². The third-order valence-corrected chi connectivity index (χ3v) is 5.21. The highest BCUT2D eigenvalue weighted by molar-refractivity contribution is 7.16. The van der Waals surface area contributed by atoms with E-state index in [9.17, 15) is 14.0 Å². The first-order chi connectivity index (χ1) is 13.0. The molecular weight excluding hydrogens is 367 g/mol. The maximum atomic E-state index is 13.5. The molecule has 1 aromatic heterocycles. The number of amides is 1. The van der Waals surface area contributed by atoms with E-state index in [0.717, 1.165) is 23.3 Å². The summed E-state index contributed by atoms with van der Waals surface area (Å²) in [6, 6.07) is 12.0. The number of aryl methyl sites for hydroxylation is 1. The molecule has 0 aliphatic heterocycles. The Balaban J connectivity index is 1.96. The Bertz CT molecular complexity index is 1050. The first kappa shape index (κ1) is 19.0. The highest BCUT2D eigenvalue weighted by Gasteiger charge is 2.12. The Labute approximate surface area is 159 Å². The summed E-state index contributed by atoms with van der Waals surface area (Å²) in [6.45, 7) is 1.97. The van der Waals surface area contributed by atoms with Gasteiger partial charge < -0.3 is 9.30 Å². The molecule has 5 nitrogen and oxygen atoms in total. The van der Waals surface area contributed by atoms with Crippen LogP contribution in [0.2, 0.25) is 0 Å². The number of ether oxygens (including phenoxy) is 1. The van der Waals surface area contributed by atoms with Gasteiger partial charge in [-0.15, -0.1) is 0 Å². The molecule has 2 aromatic carbocycles. The smallest absolute Gasteiger partial charge is 0.325 e. The van der Waals surface area contributed by atoms with Crippen molar-refractivity contribution in [2.75, 3.05) is 7.11 Å². The predicted octanol–water partition coefficient (Wildman–Crippen LogP) is 3.25. The molecule has 3 aromatic rings. The summed E-state index contributed by atoms with van der Waals surface area (Å²) in [5.74, 6) is -1.18. The number of hydrogen-bond donors (Lipinski definition) is 0. The van der Waals surface area contributed by atoms with Gasteiger partial charge in [-0.3, -0.25) is 9.59 Å². The van der Waals surface area contributed by atoms with Crippen molar-refractivity contribution >= 4 is 33.4 Å². The van der Waals surface area contributed by atoms with E-state index in [2.05, 4.69) is 11.9 Å². The van der Waals surface area contributed by atoms with Gasteiger partial charge in [-0.05, 0) is 35.7 Å². The number of carbonyl (C=O) groups is 2. The molecule has 7 heteroatoms. The molecule has 0 radical (unpaired) electrons. The average molecular weight is 386 g/mol. The van der Waals surface area contributed by atoms with Crippen molar-refractivity contribution in [3.05, 3.63) is 64.2 Å². The maximum absolute atomic E-state index is 13.5. The molecule has 1 amide bonds. The summed E-state index contributed by atoms with van der Waals surface area (Å²) in [6.07, 6.45) is 1.09. The number of halogens is 1. The van der Waals surface area contributed by atoms with Gasteiger partial charge in [0.05, 0.1) is 23.7 Å². The Morgan fingerprint density at radius 1 is 1.15 bits per heavy atom. The van der Waals surface area contributed by atoms with E-state index in [1.165, 1.54) is 24.8 Å². The number of esters is 1. The summed E-state index contributed by atoms with van der Waals surface area (Å²) < 4.78 is 20.4. The Kier molecular flexibility index (Phi) is 5.81. The molecular formula is C20H19FN2O3S. The van der Waals surface area contributed by atoms with Crippen molar-refractivity contribution < 1.29 is 18.7 Å². The number of benzene rings is 2. The van der Waals surface area contributed by atoms with Crippen LogP contribution in [-0.4, -0.2) is 23.6 Å². The number of hydrogen-bond acceptors (Lipinski definition) is 4. The van der Waals surface area contributed by atoms with E-state index in [0.29, 0.717) is 15.0 Å². The lowest BCUT2D eigenvalue weighted by molar-refractivity contribution is -0.141. The highest BCUT2D eigenvalue weighted by Crippen LogP contribution is 2.19. The Morgan fingerprint density at radius 2 is 1.85 bits per heavy atom. The largest absolute Gasteiger partial charge is 0.468 e. The molecule has 1 heterocycles. The first-order valence-corrected chi connectivity index (χ1v) is 9.33. The van der Waals surface area contributed by atoms with Crippen molar-refractivity contribution in [2.45, 2.75) is 26.3 Å². The van der Waals surface area contributed by atoms with Crippen LogP contribution >= 0.6 is 11.3 Å². The fourth-order valence-corrected chi connectivity index (χ4v) is 3.76. The summed E-state index contributed by atoms with van der Waals surface area (Å²) in [5, 5.41) is 0. The molecule has 0 saturated heterocycles. The van der Waals surface area contributed by atoms with Crippen LogP contribution in [0.1, 0.15) is 18.1 Å². The van der Waals surface area contributed by atoms with E-state index < -0.39 is 5.97 Å². The van der Waals surface area contributed by atoms with Crippen LogP contribution in [0.25, 0.3) is 10.2 Å². The van der Waals surface area contributed by atoms with Gasteiger partial charge in [-0.1, -0.05) is 42.5 Å². The van der Waals surface area contributed by atoms with Crippen molar-refractivity contribution in [3.8, 4) is 0 Å². The van der Waals surface area contributed by atoms with Crippen molar-refractivity contribution in [3.63, 3.8) is 0 Å². The van der Waals surface area contributed by atoms with Gasteiger partial charge in [0.1, 0.15) is 12.4 Å². The molecule has 0 atom stereocenters. The number of aromatic nitrogens is 1. The second kappa shape index (κ2) is 8.26. The first-order valence-electron chi connectivity index (χ1n) is 8.51. The van der Waals surface area contributed by atoms with Gasteiger partial charge in [0.15, 0.2) is 4.80 Å². The standard InChI is InChI=1S/C20H19FN2O3S/c1-3-13-4-6-14(7-5-13)10-18(24)22-20-23(12-19(25)26-2)16-9-8-15(21)11-17(16)27-20/h4-9,11H,3,10,12H2,1-2H3. The number of carbonyl (C=O) groups excluding carboxylic acids is 2. The van der Waals surface area contributed by atoms with Gasteiger partial charge in [0.2, 0.25) is 0 Å². The molecule has 3 rings (SSSR count). The second-order valence-electron chi connectivity index (χ2n) is 6.01. The van der Waals surface area contributed by atoms with Gasteiger partial charge in [-0.25, -0.2) is 4.39 Å². The zero-order valence-corrected chi connectivity index (χ0v) is 15.9. The third kappa shape index (κ3) is 4.49. The number of thiazole rings is 1. The minimum Gasteiger partial charge on any atom is -0.468 e. The lowest BCUT2D eigenvalue weighted by atomic mass is 10.1. The van der Waals surface area contributed by atoms with Crippen LogP contribution in [-0.2, 0) is 33.7 Å². The molecule has 0 fully saturated rings.